The van der Waals surface area contributed by atoms with Crippen LogP contribution in [0, 0.1) is 11.3 Å². The third kappa shape index (κ3) is 1.38. The average molecular weight is 168 g/mol. The summed E-state index contributed by atoms with van der Waals surface area (Å²) >= 11 is 0. The maximum atomic E-state index is 11.3. The Morgan fingerprint density at radius 1 is 1.75 bits per heavy atom. The molecule has 0 saturated heterocycles. The van der Waals surface area contributed by atoms with Gasteiger partial charge in [-0.2, -0.15) is 0 Å². The maximum absolute atomic E-state index is 11.3. The number of carbonyl (C=O) groups excluding carboxylic acids is 1. The van der Waals surface area contributed by atoms with E-state index in [1.165, 1.54) is 0 Å². The molecule has 0 radical (unpaired) electrons. The molecule has 2 atom stereocenters. The smallest absolute Gasteiger partial charge is 0.309 e. The van der Waals surface area contributed by atoms with E-state index in [-0.39, 0.29) is 17.3 Å². The van der Waals surface area contributed by atoms with Crippen LogP contribution < -0.4 is 0 Å². The van der Waals surface area contributed by atoms with E-state index in [1.807, 2.05) is 13.8 Å². The molecule has 12 heavy (non-hydrogen) atoms. The van der Waals surface area contributed by atoms with Crippen molar-refractivity contribution in [2.45, 2.75) is 27.2 Å². The summed E-state index contributed by atoms with van der Waals surface area (Å²) in [5.41, 5.74) is 1.10. The van der Waals surface area contributed by atoms with Gasteiger partial charge >= 0.3 is 5.97 Å². The van der Waals surface area contributed by atoms with Crippen molar-refractivity contribution in [3.63, 3.8) is 0 Å². The highest BCUT2D eigenvalue weighted by Crippen LogP contribution is 2.57. The maximum Gasteiger partial charge on any atom is 0.309 e. The van der Waals surface area contributed by atoms with Crippen LogP contribution in [0.2, 0.25) is 0 Å². The molecule has 0 bridgehead atoms. The summed E-state index contributed by atoms with van der Waals surface area (Å²) in [5, 5.41) is 0. The molecule has 0 aliphatic heterocycles. The monoisotopic (exact) mass is 168 g/mol. The first-order valence-corrected chi connectivity index (χ1v) is 4.35. The molecule has 0 aromatic heterocycles. The Bertz CT molecular complexity index is 220. The standard InChI is InChI=1S/C10H16O2/c1-5-12-9(11)8-6-10(8,4)7(2)3/h8H,2,5-6H2,1,3-4H3/t8-,10-/m0/s1. The molecule has 1 aliphatic carbocycles. The van der Waals surface area contributed by atoms with Crippen LogP contribution in [-0.4, -0.2) is 12.6 Å². The summed E-state index contributed by atoms with van der Waals surface area (Å²) in [7, 11) is 0. The van der Waals surface area contributed by atoms with Gasteiger partial charge in [0.15, 0.2) is 0 Å². The normalized spacial score (nSPS) is 32.8. The lowest BCUT2D eigenvalue weighted by molar-refractivity contribution is -0.145. The highest BCUT2D eigenvalue weighted by atomic mass is 16.5. The Hall–Kier alpha value is -0.790. The van der Waals surface area contributed by atoms with Crippen molar-refractivity contribution in [1.82, 2.24) is 0 Å². The third-order valence-electron chi connectivity index (χ3n) is 2.78. The zero-order valence-electron chi connectivity index (χ0n) is 8.02. The molecule has 0 aromatic rings. The number of hydrogen-bond acceptors (Lipinski definition) is 2. The van der Waals surface area contributed by atoms with Gasteiger partial charge in [-0.3, -0.25) is 4.79 Å². The van der Waals surface area contributed by atoms with Crippen molar-refractivity contribution >= 4 is 5.97 Å². The lowest BCUT2D eigenvalue weighted by atomic mass is 9.98. The van der Waals surface area contributed by atoms with Crippen LogP contribution in [0.5, 0.6) is 0 Å². The number of allylic oxidation sites excluding steroid dienone is 1. The van der Waals surface area contributed by atoms with Gasteiger partial charge in [0, 0.05) is 5.41 Å². The van der Waals surface area contributed by atoms with Crippen LogP contribution in [-0.2, 0) is 9.53 Å². The third-order valence-corrected chi connectivity index (χ3v) is 2.78. The molecule has 0 amide bonds. The van der Waals surface area contributed by atoms with Crippen LogP contribution in [0.25, 0.3) is 0 Å². The van der Waals surface area contributed by atoms with Crippen molar-refractivity contribution in [3.8, 4) is 0 Å². The molecular formula is C10H16O2. The van der Waals surface area contributed by atoms with Gasteiger partial charge in [-0.25, -0.2) is 0 Å². The summed E-state index contributed by atoms with van der Waals surface area (Å²) in [6.45, 7) is 10.2. The minimum absolute atomic E-state index is 0.0201. The average Bonchev–Trinajstić information content (AvgIpc) is 2.65. The lowest BCUT2D eigenvalue weighted by Gasteiger charge is -2.09. The first kappa shape index (κ1) is 9.30. The highest BCUT2D eigenvalue weighted by Gasteiger charge is 2.55. The fourth-order valence-corrected chi connectivity index (χ4v) is 1.42. The number of carbonyl (C=O) groups is 1. The van der Waals surface area contributed by atoms with Gasteiger partial charge in [0.1, 0.15) is 0 Å². The van der Waals surface area contributed by atoms with Crippen LogP contribution in [0.15, 0.2) is 12.2 Å². The Morgan fingerprint density at radius 2 is 2.33 bits per heavy atom. The molecule has 2 nitrogen and oxygen atoms in total. The van der Waals surface area contributed by atoms with Gasteiger partial charge in [0.25, 0.3) is 0 Å². The Labute approximate surface area is 73.6 Å². The van der Waals surface area contributed by atoms with Crippen molar-refractivity contribution in [2.24, 2.45) is 11.3 Å². The summed E-state index contributed by atoms with van der Waals surface area (Å²) in [6, 6.07) is 0. The second kappa shape index (κ2) is 2.92. The summed E-state index contributed by atoms with van der Waals surface area (Å²) in [4.78, 5) is 11.3. The van der Waals surface area contributed by atoms with Crippen molar-refractivity contribution < 1.29 is 9.53 Å². The number of rotatable bonds is 3. The summed E-state index contributed by atoms with van der Waals surface area (Å²) in [5.74, 6) is -0.00190. The molecule has 2 heteroatoms. The largest absolute Gasteiger partial charge is 0.466 e. The van der Waals surface area contributed by atoms with Crippen LogP contribution in [0.3, 0.4) is 0 Å². The van der Waals surface area contributed by atoms with Crippen molar-refractivity contribution in [3.05, 3.63) is 12.2 Å². The molecule has 1 fully saturated rings. The summed E-state index contributed by atoms with van der Waals surface area (Å²) in [6.07, 6.45) is 0.904. The SMILES string of the molecule is C=C(C)[C@]1(C)C[C@H]1C(=O)OCC. The van der Waals surface area contributed by atoms with Gasteiger partial charge in [0.05, 0.1) is 12.5 Å². The van der Waals surface area contributed by atoms with Gasteiger partial charge < -0.3 is 4.74 Å². The topological polar surface area (TPSA) is 26.3 Å². The van der Waals surface area contributed by atoms with E-state index in [1.54, 1.807) is 0 Å². The quantitative estimate of drug-likeness (QED) is 0.477. The van der Waals surface area contributed by atoms with E-state index >= 15 is 0 Å². The van der Waals surface area contributed by atoms with E-state index in [0.717, 1.165) is 12.0 Å². The first-order chi connectivity index (χ1) is 5.52. The van der Waals surface area contributed by atoms with E-state index < -0.39 is 0 Å². The minimum atomic E-state index is -0.0667. The molecule has 1 saturated carbocycles. The van der Waals surface area contributed by atoms with Crippen LogP contribution in [0.1, 0.15) is 27.2 Å². The second-order valence-electron chi connectivity index (χ2n) is 3.71. The Morgan fingerprint density at radius 3 is 2.67 bits per heavy atom. The molecule has 68 valence electrons. The molecule has 0 unspecified atom stereocenters. The number of esters is 1. The molecular weight excluding hydrogens is 152 g/mol. The summed E-state index contributed by atoms with van der Waals surface area (Å²) < 4.78 is 4.93. The van der Waals surface area contributed by atoms with E-state index in [2.05, 4.69) is 13.5 Å². The lowest BCUT2D eigenvalue weighted by Crippen LogP contribution is -2.12. The van der Waals surface area contributed by atoms with Crippen molar-refractivity contribution in [2.75, 3.05) is 6.61 Å². The molecule has 1 aliphatic rings. The second-order valence-corrected chi connectivity index (χ2v) is 3.71. The van der Waals surface area contributed by atoms with Gasteiger partial charge in [-0.1, -0.05) is 19.1 Å². The van der Waals surface area contributed by atoms with Crippen LogP contribution >= 0.6 is 0 Å². The number of hydrogen-bond donors (Lipinski definition) is 0. The fourth-order valence-electron chi connectivity index (χ4n) is 1.42. The molecule has 0 spiro atoms. The molecule has 1 rings (SSSR count). The predicted octanol–water partition coefficient (Wildman–Crippen LogP) is 2.15. The zero-order valence-corrected chi connectivity index (χ0v) is 8.02. The molecule has 0 aromatic carbocycles. The first-order valence-electron chi connectivity index (χ1n) is 4.35. The van der Waals surface area contributed by atoms with E-state index in [9.17, 15) is 4.79 Å². The predicted molar refractivity (Wildman–Crippen MR) is 47.7 cm³/mol. The fraction of sp³-hybridized carbons (Fsp3) is 0.700. The van der Waals surface area contributed by atoms with Crippen LogP contribution in [0.4, 0.5) is 0 Å². The van der Waals surface area contributed by atoms with E-state index in [0.29, 0.717) is 6.61 Å². The zero-order chi connectivity index (χ0) is 9.35. The van der Waals surface area contributed by atoms with Gasteiger partial charge in [-0.15, -0.1) is 0 Å². The minimum Gasteiger partial charge on any atom is -0.466 e. The van der Waals surface area contributed by atoms with Crippen molar-refractivity contribution in [1.29, 1.82) is 0 Å². The highest BCUT2D eigenvalue weighted by molar-refractivity contribution is 5.77. The van der Waals surface area contributed by atoms with Gasteiger partial charge in [0.2, 0.25) is 0 Å². The van der Waals surface area contributed by atoms with E-state index in [4.69, 9.17) is 4.74 Å². The molecule has 0 heterocycles. The van der Waals surface area contributed by atoms with Gasteiger partial charge in [-0.05, 0) is 20.3 Å². The Kier molecular flexibility index (Phi) is 2.27. The molecule has 0 N–H and O–H groups in total. The Balaban J connectivity index is 2.51. The number of ether oxygens (including phenoxy) is 1.